The van der Waals surface area contributed by atoms with Crippen LogP contribution in [0.25, 0.3) is 16.8 Å². The molecule has 224 valence electrons. The average Bonchev–Trinajstić information content (AvgIpc) is 3.34. The fraction of sp³-hybridized carbons (Fsp3) is 0.343. The number of nitrogens with two attached hydrogens (primary N) is 1. The molecule has 0 spiro atoms. The quantitative estimate of drug-likeness (QED) is 0.263. The number of rotatable bonds is 8. The third-order valence-corrected chi connectivity index (χ3v) is 8.14. The molecule has 43 heavy (non-hydrogen) atoms. The standard InChI is InChI=1S/C35H40N4O4/c1-23-19-30(31(36)40)38-39(23)29-17-15-27(16-18-29)34(5,6)26-11-7-24(8-12-26)25-9-13-28(14-10-25)35(21-42-22-35)20-37-32(41)43-33(2,3)4/h7-19H,20-22H2,1-6H3,(H2,36,40)(H,37,41). The maximum atomic E-state index is 12.2. The van der Waals surface area contributed by atoms with Crippen molar-refractivity contribution in [2.24, 2.45) is 5.73 Å². The lowest BCUT2D eigenvalue weighted by atomic mass is 9.77. The minimum atomic E-state index is -0.538. The number of aryl methyl sites for hydroxylation is 1. The lowest BCUT2D eigenvalue weighted by molar-refractivity contribution is -0.0595. The van der Waals surface area contributed by atoms with E-state index in [-0.39, 0.29) is 16.5 Å². The van der Waals surface area contributed by atoms with Crippen LogP contribution in [0.15, 0.2) is 78.9 Å². The average molecular weight is 581 g/mol. The first kappa shape index (κ1) is 30.0. The molecule has 1 fully saturated rings. The van der Waals surface area contributed by atoms with Crippen molar-refractivity contribution >= 4 is 12.0 Å². The van der Waals surface area contributed by atoms with E-state index in [2.05, 4.69) is 84.9 Å². The van der Waals surface area contributed by atoms with Gasteiger partial charge in [-0.3, -0.25) is 4.79 Å². The van der Waals surface area contributed by atoms with Gasteiger partial charge in [0.1, 0.15) is 5.60 Å². The molecule has 3 N–H and O–H groups in total. The zero-order valence-electron chi connectivity index (χ0n) is 25.7. The Hall–Kier alpha value is -4.43. The predicted octanol–water partition coefficient (Wildman–Crippen LogP) is 6.07. The summed E-state index contributed by atoms with van der Waals surface area (Å²) in [4.78, 5) is 23.7. The summed E-state index contributed by atoms with van der Waals surface area (Å²) in [5.74, 6) is -0.538. The summed E-state index contributed by atoms with van der Waals surface area (Å²) in [5.41, 5.74) is 12.1. The van der Waals surface area contributed by atoms with Crippen molar-refractivity contribution in [3.8, 4) is 16.8 Å². The summed E-state index contributed by atoms with van der Waals surface area (Å²) in [6.45, 7) is 13.5. The smallest absolute Gasteiger partial charge is 0.407 e. The second kappa shape index (κ2) is 11.3. The molecule has 0 unspecified atom stereocenters. The van der Waals surface area contributed by atoms with Crippen LogP contribution in [0.4, 0.5) is 4.79 Å². The molecule has 1 aromatic heterocycles. The first-order valence-corrected chi connectivity index (χ1v) is 14.5. The molecule has 0 bridgehead atoms. The number of carbonyl (C=O) groups is 2. The van der Waals surface area contributed by atoms with Gasteiger partial charge in [-0.15, -0.1) is 0 Å². The topological polar surface area (TPSA) is 108 Å². The number of aromatic nitrogens is 2. The third kappa shape index (κ3) is 6.34. The van der Waals surface area contributed by atoms with Gasteiger partial charge in [-0.05, 0) is 73.7 Å². The molecular formula is C35H40N4O4. The van der Waals surface area contributed by atoms with Crippen LogP contribution < -0.4 is 11.1 Å². The van der Waals surface area contributed by atoms with E-state index < -0.39 is 17.6 Å². The number of nitrogens with zero attached hydrogens (tertiary/aromatic N) is 2. The zero-order chi connectivity index (χ0) is 31.0. The summed E-state index contributed by atoms with van der Waals surface area (Å²) >= 11 is 0. The number of hydrogen-bond acceptors (Lipinski definition) is 5. The Labute approximate surface area is 253 Å². The van der Waals surface area contributed by atoms with E-state index in [9.17, 15) is 9.59 Å². The first-order valence-electron chi connectivity index (χ1n) is 14.5. The zero-order valence-corrected chi connectivity index (χ0v) is 25.7. The number of hydrogen-bond donors (Lipinski definition) is 2. The number of benzene rings is 3. The van der Waals surface area contributed by atoms with Gasteiger partial charge in [0, 0.05) is 17.7 Å². The number of carbonyl (C=O) groups excluding carboxylic acids is 2. The van der Waals surface area contributed by atoms with E-state index in [1.54, 1.807) is 10.7 Å². The highest BCUT2D eigenvalue weighted by Crippen LogP contribution is 2.35. The summed E-state index contributed by atoms with van der Waals surface area (Å²) in [6.07, 6.45) is -0.416. The SMILES string of the molecule is Cc1cc(C(N)=O)nn1-c1ccc(C(C)(C)c2ccc(-c3ccc(C4(CNC(=O)OC(C)(C)C)COC4)cc3)cc2)cc1. The highest BCUT2D eigenvalue weighted by Gasteiger charge is 2.41. The van der Waals surface area contributed by atoms with Crippen molar-refractivity contribution < 1.29 is 19.1 Å². The largest absolute Gasteiger partial charge is 0.444 e. The molecule has 3 aromatic carbocycles. The van der Waals surface area contributed by atoms with E-state index >= 15 is 0 Å². The Morgan fingerprint density at radius 2 is 1.44 bits per heavy atom. The molecule has 0 radical (unpaired) electrons. The fourth-order valence-corrected chi connectivity index (χ4v) is 5.41. The van der Waals surface area contributed by atoms with Crippen LogP contribution in [0.3, 0.4) is 0 Å². The van der Waals surface area contributed by atoms with Gasteiger partial charge in [0.25, 0.3) is 5.91 Å². The molecule has 4 aromatic rings. The van der Waals surface area contributed by atoms with Crippen molar-refractivity contribution in [1.82, 2.24) is 15.1 Å². The molecule has 0 atom stereocenters. The highest BCUT2D eigenvalue weighted by atomic mass is 16.6. The van der Waals surface area contributed by atoms with Gasteiger partial charge < -0.3 is 20.5 Å². The Bertz CT molecular complexity index is 1610. The minimum Gasteiger partial charge on any atom is -0.444 e. The van der Waals surface area contributed by atoms with Gasteiger partial charge >= 0.3 is 6.09 Å². The third-order valence-electron chi connectivity index (χ3n) is 8.14. The van der Waals surface area contributed by atoms with E-state index in [1.807, 2.05) is 39.8 Å². The van der Waals surface area contributed by atoms with Crippen LogP contribution >= 0.6 is 0 Å². The molecule has 8 nitrogen and oxygen atoms in total. The van der Waals surface area contributed by atoms with Gasteiger partial charge in [0.05, 0.1) is 24.3 Å². The lowest BCUT2D eigenvalue weighted by Gasteiger charge is -2.42. The van der Waals surface area contributed by atoms with Crippen LogP contribution in [0, 0.1) is 6.92 Å². The summed E-state index contributed by atoms with van der Waals surface area (Å²) in [6, 6.07) is 27.1. The number of primary amides is 1. The molecule has 1 aliphatic heterocycles. The molecule has 0 aliphatic carbocycles. The molecule has 2 amide bonds. The molecule has 5 rings (SSSR count). The first-order chi connectivity index (χ1) is 20.3. The van der Waals surface area contributed by atoms with Crippen molar-refractivity contribution in [3.63, 3.8) is 0 Å². The van der Waals surface area contributed by atoms with Gasteiger partial charge in [0.2, 0.25) is 0 Å². The maximum absolute atomic E-state index is 12.2. The van der Waals surface area contributed by atoms with Gasteiger partial charge in [0.15, 0.2) is 5.69 Å². The van der Waals surface area contributed by atoms with Gasteiger partial charge in [-0.25, -0.2) is 9.48 Å². The molecule has 8 heteroatoms. The molecule has 1 saturated heterocycles. The summed E-state index contributed by atoms with van der Waals surface area (Å²) in [7, 11) is 0. The van der Waals surface area contributed by atoms with Crippen molar-refractivity contribution in [2.75, 3.05) is 19.8 Å². The van der Waals surface area contributed by atoms with E-state index in [0.29, 0.717) is 19.8 Å². The predicted molar refractivity (Wildman–Crippen MR) is 168 cm³/mol. The van der Waals surface area contributed by atoms with E-state index in [1.165, 1.54) is 11.1 Å². The van der Waals surface area contributed by atoms with Crippen LogP contribution in [-0.4, -0.2) is 47.1 Å². The monoisotopic (exact) mass is 580 g/mol. The van der Waals surface area contributed by atoms with Crippen LogP contribution in [0.5, 0.6) is 0 Å². The Kier molecular flexibility index (Phi) is 7.92. The van der Waals surface area contributed by atoms with Crippen LogP contribution in [0.2, 0.25) is 0 Å². The number of nitrogens with one attached hydrogen (secondary N) is 1. The molecular weight excluding hydrogens is 540 g/mol. The van der Waals surface area contributed by atoms with Crippen LogP contribution in [-0.2, 0) is 20.3 Å². The van der Waals surface area contributed by atoms with E-state index in [4.69, 9.17) is 15.2 Å². The second-order valence-electron chi connectivity index (χ2n) is 12.9. The lowest BCUT2D eigenvalue weighted by Crippen LogP contribution is -2.54. The highest BCUT2D eigenvalue weighted by molar-refractivity contribution is 5.90. The Balaban J connectivity index is 1.28. The Morgan fingerprint density at radius 1 is 0.907 bits per heavy atom. The number of amides is 2. The van der Waals surface area contributed by atoms with Crippen molar-refractivity contribution in [3.05, 3.63) is 107 Å². The normalized spacial score (nSPS) is 14.6. The maximum Gasteiger partial charge on any atom is 0.407 e. The number of ether oxygens (including phenoxy) is 2. The molecule has 0 saturated carbocycles. The van der Waals surface area contributed by atoms with Crippen molar-refractivity contribution in [2.45, 2.75) is 58.0 Å². The van der Waals surface area contributed by atoms with Crippen molar-refractivity contribution in [1.29, 1.82) is 0 Å². The van der Waals surface area contributed by atoms with Gasteiger partial charge in [-0.1, -0.05) is 74.5 Å². The van der Waals surface area contributed by atoms with Crippen LogP contribution in [0.1, 0.15) is 67.5 Å². The minimum absolute atomic E-state index is 0.226. The molecule has 2 heterocycles. The van der Waals surface area contributed by atoms with Gasteiger partial charge in [-0.2, -0.15) is 5.10 Å². The molecule has 1 aliphatic rings. The van der Waals surface area contributed by atoms with E-state index in [0.717, 1.165) is 28.1 Å². The second-order valence-corrected chi connectivity index (χ2v) is 12.9. The Morgan fingerprint density at radius 3 is 1.91 bits per heavy atom. The summed E-state index contributed by atoms with van der Waals surface area (Å²) in [5, 5.41) is 7.25. The number of alkyl carbamates (subject to hydrolysis) is 1. The fourth-order valence-electron chi connectivity index (χ4n) is 5.41. The summed E-state index contributed by atoms with van der Waals surface area (Å²) < 4.78 is 12.7.